The van der Waals surface area contributed by atoms with Crippen molar-refractivity contribution < 1.29 is 0 Å². The second-order valence-electron chi connectivity index (χ2n) is 6.37. The molecular formula is C16H20N2. The molecule has 0 spiro atoms. The van der Waals surface area contributed by atoms with Crippen molar-refractivity contribution in [3.05, 3.63) is 35.4 Å². The molecule has 0 saturated heterocycles. The molecule has 1 saturated carbocycles. The molecule has 18 heavy (non-hydrogen) atoms. The van der Waals surface area contributed by atoms with E-state index in [1.165, 1.54) is 24.0 Å². The van der Waals surface area contributed by atoms with Crippen LogP contribution in [0.4, 0.5) is 0 Å². The predicted octanol–water partition coefficient (Wildman–Crippen LogP) is 3.23. The Labute approximate surface area is 109 Å². The van der Waals surface area contributed by atoms with Gasteiger partial charge in [-0.05, 0) is 42.2 Å². The van der Waals surface area contributed by atoms with Crippen LogP contribution in [0, 0.1) is 11.3 Å². The van der Waals surface area contributed by atoms with Gasteiger partial charge in [0.1, 0.15) is 5.54 Å². The molecule has 0 bridgehead atoms. The minimum Gasteiger partial charge on any atom is -0.293 e. The molecule has 1 fully saturated rings. The van der Waals surface area contributed by atoms with Crippen LogP contribution < -0.4 is 5.32 Å². The fourth-order valence-corrected chi connectivity index (χ4v) is 3.09. The first-order valence-corrected chi connectivity index (χ1v) is 6.86. The molecule has 0 amide bonds. The van der Waals surface area contributed by atoms with Crippen molar-refractivity contribution >= 4 is 0 Å². The minimum absolute atomic E-state index is 0.183. The lowest BCUT2D eigenvalue weighted by atomic mass is 9.66. The van der Waals surface area contributed by atoms with Crippen molar-refractivity contribution in [1.29, 1.82) is 5.26 Å². The van der Waals surface area contributed by atoms with Crippen LogP contribution >= 0.6 is 0 Å². The second-order valence-corrected chi connectivity index (χ2v) is 6.37. The third kappa shape index (κ3) is 1.74. The van der Waals surface area contributed by atoms with Gasteiger partial charge in [-0.25, -0.2) is 0 Å². The molecule has 2 aliphatic carbocycles. The van der Waals surface area contributed by atoms with Crippen LogP contribution in [-0.2, 0) is 11.0 Å². The molecule has 1 aromatic rings. The largest absolute Gasteiger partial charge is 0.293 e. The lowest BCUT2D eigenvalue weighted by Gasteiger charge is -2.42. The maximum Gasteiger partial charge on any atom is 0.132 e. The maximum absolute atomic E-state index is 9.72. The summed E-state index contributed by atoms with van der Waals surface area (Å²) in [5, 5.41) is 13.3. The van der Waals surface area contributed by atoms with Gasteiger partial charge < -0.3 is 0 Å². The fourth-order valence-electron chi connectivity index (χ4n) is 3.09. The van der Waals surface area contributed by atoms with Gasteiger partial charge in [0.15, 0.2) is 0 Å². The summed E-state index contributed by atoms with van der Waals surface area (Å²) in [6, 6.07) is 11.6. The number of benzene rings is 1. The molecule has 2 aliphatic rings. The van der Waals surface area contributed by atoms with Crippen LogP contribution in [0.2, 0.25) is 0 Å². The Morgan fingerprint density at radius 1 is 1.17 bits per heavy atom. The van der Waals surface area contributed by atoms with E-state index in [0.29, 0.717) is 6.04 Å². The van der Waals surface area contributed by atoms with E-state index in [2.05, 4.69) is 49.5 Å². The summed E-state index contributed by atoms with van der Waals surface area (Å²) in [5.41, 5.74) is 2.27. The molecule has 1 aromatic carbocycles. The molecule has 1 unspecified atom stereocenters. The van der Waals surface area contributed by atoms with Crippen molar-refractivity contribution in [2.75, 3.05) is 0 Å². The Hall–Kier alpha value is -1.33. The fraction of sp³-hybridized carbons (Fsp3) is 0.562. The third-order valence-corrected chi connectivity index (χ3v) is 4.46. The molecule has 0 aromatic heterocycles. The average Bonchev–Trinajstić information content (AvgIpc) is 3.18. The van der Waals surface area contributed by atoms with Crippen LogP contribution in [-0.4, -0.2) is 6.04 Å². The number of hydrogen-bond donors (Lipinski definition) is 1. The first kappa shape index (κ1) is 11.7. The van der Waals surface area contributed by atoms with Crippen molar-refractivity contribution in [2.24, 2.45) is 0 Å². The zero-order chi connectivity index (χ0) is 12.8. The lowest BCUT2D eigenvalue weighted by Crippen LogP contribution is -2.48. The predicted molar refractivity (Wildman–Crippen MR) is 72.2 cm³/mol. The van der Waals surface area contributed by atoms with Crippen molar-refractivity contribution in [2.45, 2.75) is 56.5 Å². The smallest absolute Gasteiger partial charge is 0.132 e. The third-order valence-electron chi connectivity index (χ3n) is 4.46. The summed E-state index contributed by atoms with van der Waals surface area (Å²) < 4.78 is 0. The van der Waals surface area contributed by atoms with Gasteiger partial charge in [0.25, 0.3) is 0 Å². The quantitative estimate of drug-likeness (QED) is 0.861. The maximum atomic E-state index is 9.72. The lowest BCUT2D eigenvalue weighted by molar-refractivity contribution is 0.298. The van der Waals surface area contributed by atoms with E-state index in [1.54, 1.807) is 0 Å². The molecule has 2 nitrogen and oxygen atoms in total. The van der Waals surface area contributed by atoms with Crippen LogP contribution in [0.15, 0.2) is 24.3 Å². The molecular weight excluding hydrogens is 220 g/mol. The van der Waals surface area contributed by atoms with Gasteiger partial charge in [-0.15, -0.1) is 0 Å². The topological polar surface area (TPSA) is 35.8 Å². The highest BCUT2D eigenvalue weighted by molar-refractivity contribution is 5.45. The number of hydrogen-bond acceptors (Lipinski definition) is 2. The molecule has 2 heteroatoms. The zero-order valence-corrected chi connectivity index (χ0v) is 11.2. The summed E-state index contributed by atoms with van der Waals surface area (Å²) in [7, 11) is 0. The van der Waals surface area contributed by atoms with E-state index in [0.717, 1.165) is 12.8 Å². The van der Waals surface area contributed by atoms with Crippen LogP contribution in [0.3, 0.4) is 0 Å². The number of fused-ring (bicyclic) bond motifs is 1. The Morgan fingerprint density at radius 2 is 1.83 bits per heavy atom. The number of nitriles is 1. The monoisotopic (exact) mass is 240 g/mol. The van der Waals surface area contributed by atoms with E-state index in [1.807, 2.05) is 0 Å². The van der Waals surface area contributed by atoms with E-state index in [9.17, 15) is 5.26 Å². The van der Waals surface area contributed by atoms with Crippen LogP contribution in [0.1, 0.15) is 50.7 Å². The SMILES string of the molecule is CC1(C)CCC(C#N)(NC2CC2)c2ccccc21. The Bertz CT molecular complexity index is 508. The average molecular weight is 240 g/mol. The molecule has 1 N–H and O–H groups in total. The molecule has 1 atom stereocenters. The van der Waals surface area contributed by atoms with Gasteiger partial charge >= 0.3 is 0 Å². The van der Waals surface area contributed by atoms with Gasteiger partial charge in [-0.1, -0.05) is 38.1 Å². The van der Waals surface area contributed by atoms with Gasteiger partial charge in [0.2, 0.25) is 0 Å². The molecule has 0 heterocycles. The zero-order valence-electron chi connectivity index (χ0n) is 11.2. The van der Waals surface area contributed by atoms with Gasteiger partial charge in [-0.2, -0.15) is 5.26 Å². The summed E-state index contributed by atoms with van der Waals surface area (Å²) in [6.45, 7) is 4.56. The summed E-state index contributed by atoms with van der Waals surface area (Å²) in [5.74, 6) is 0. The van der Waals surface area contributed by atoms with Gasteiger partial charge in [-0.3, -0.25) is 5.32 Å². The summed E-state index contributed by atoms with van der Waals surface area (Å²) in [4.78, 5) is 0. The van der Waals surface area contributed by atoms with Crippen molar-refractivity contribution in [3.8, 4) is 6.07 Å². The number of nitrogens with one attached hydrogen (secondary N) is 1. The molecule has 0 radical (unpaired) electrons. The highest BCUT2D eigenvalue weighted by atomic mass is 15.0. The van der Waals surface area contributed by atoms with E-state index in [-0.39, 0.29) is 5.41 Å². The minimum atomic E-state index is -0.451. The van der Waals surface area contributed by atoms with Gasteiger partial charge in [0.05, 0.1) is 6.07 Å². The Morgan fingerprint density at radius 3 is 2.44 bits per heavy atom. The highest BCUT2D eigenvalue weighted by Gasteiger charge is 2.45. The van der Waals surface area contributed by atoms with E-state index in [4.69, 9.17) is 0 Å². The van der Waals surface area contributed by atoms with E-state index >= 15 is 0 Å². The second kappa shape index (κ2) is 3.83. The first-order chi connectivity index (χ1) is 8.57. The Balaban J connectivity index is 2.10. The molecule has 0 aliphatic heterocycles. The normalized spacial score (nSPS) is 29.4. The van der Waals surface area contributed by atoms with Crippen molar-refractivity contribution in [1.82, 2.24) is 5.32 Å². The van der Waals surface area contributed by atoms with E-state index < -0.39 is 5.54 Å². The van der Waals surface area contributed by atoms with Gasteiger partial charge in [0, 0.05) is 6.04 Å². The summed E-state index contributed by atoms with van der Waals surface area (Å²) in [6.07, 6.45) is 4.42. The van der Waals surface area contributed by atoms with Crippen molar-refractivity contribution in [3.63, 3.8) is 0 Å². The number of rotatable bonds is 2. The molecule has 3 rings (SSSR count). The Kier molecular flexibility index (Phi) is 2.50. The van der Waals surface area contributed by atoms with Crippen LogP contribution in [0.5, 0.6) is 0 Å². The highest BCUT2D eigenvalue weighted by Crippen LogP contribution is 2.45. The standard InChI is InChI=1S/C16H20N2/c1-15(2)9-10-16(11-17,18-12-7-8-12)14-6-4-3-5-13(14)15/h3-6,12,18H,7-10H2,1-2H3. The summed E-state index contributed by atoms with van der Waals surface area (Å²) >= 11 is 0. The first-order valence-electron chi connectivity index (χ1n) is 6.86. The molecule has 94 valence electrons. The van der Waals surface area contributed by atoms with Crippen LogP contribution in [0.25, 0.3) is 0 Å². The number of nitrogens with zero attached hydrogens (tertiary/aromatic N) is 1.